The molecule has 1 amide bonds. The van der Waals surface area contributed by atoms with Crippen LogP contribution in [0.3, 0.4) is 0 Å². The molecule has 0 spiro atoms. The van der Waals surface area contributed by atoms with Crippen LogP contribution in [0.4, 0.5) is 5.13 Å². The Morgan fingerprint density at radius 3 is 2.66 bits per heavy atom. The van der Waals surface area contributed by atoms with E-state index in [1.807, 2.05) is 23.6 Å². The smallest absolute Gasteiger partial charge is 0.240 e. The third kappa shape index (κ3) is 5.99. The number of ether oxygens (including phenoxy) is 1. The van der Waals surface area contributed by atoms with Gasteiger partial charge in [-0.25, -0.2) is 4.98 Å². The van der Waals surface area contributed by atoms with Crippen LogP contribution in [0, 0.1) is 0 Å². The Morgan fingerprint density at radius 1 is 1.12 bits per heavy atom. The highest BCUT2D eigenvalue weighted by atomic mass is 35.5. The number of halogens is 2. The number of nitrogens with one attached hydrogen (secondary N) is 1. The van der Waals surface area contributed by atoms with Crippen LogP contribution in [0.5, 0.6) is 5.75 Å². The maximum Gasteiger partial charge on any atom is 0.240 e. The number of aromatic nitrogens is 1. The number of piperazine rings is 1. The molecule has 1 N–H and O–H groups in total. The highest BCUT2D eigenvalue weighted by Gasteiger charge is 2.20. The molecule has 32 heavy (non-hydrogen) atoms. The van der Waals surface area contributed by atoms with E-state index in [1.165, 1.54) is 16.9 Å². The number of thiazole rings is 1. The molecule has 0 saturated carbocycles. The van der Waals surface area contributed by atoms with E-state index in [-0.39, 0.29) is 5.91 Å². The second-order valence-corrected chi connectivity index (χ2v) is 9.32. The lowest BCUT2D eigenvalue weighted by Crippen LogP contribution is -2.48. The van der Waals surface area contributed by atoms with Gasteiger partial charge in [-0.05, 0) is 35.9 Å². The number of amides is 1. The van der Waals surface area contributed by atoms with Crippen molar-refractivity contribution < 1.29 is 9.53 Å². The van der Waals surface area contributed by atoms with Crippen molar-refractivity contribution in [3.05, 3.63) is 63.5 Å². The molecule has 0 bridgehead atoms. The van der Waals surface area contributed by atoms with E-state index in [1.54, 1.807) is 19.2 Å². The minimum absolute atomic E-state index is 0.0608. The van der Waals surface area contributed by atoms with Gasteiger partial charge in [0.2, 0.25) is 5.91 Å². The molecule has 1 saturated heterocycles. The van der Waals surface area contributed by atoms with Crippen molar-refractivity contribution in [3.8, 4) is 17.0 Å². The average molecular weight is 491 g/mol. The summed E-state index contributed by atoms with van der Waals surface area (Å²) in [6.07, 6.45) is 0. The van der Waals surface area contributed by atoms with Gasteiger partial charge in [-0.1, -0.05) is 35.3 Å². The van der Waals surface area contributed by atoms with Gasteiger partial charge in [0.15, 0.2) is 5.13 Å². The summed E-state index contributed by atoms with van der Waals surface area (Å²) in [5.74, 6) is 0.816. The zero-order valence-electron chi connectivity index (χ0n) is 17.7. The van der Waals surface area contributed by atoms with E-state index >= 15 is 0 Å². The Morgan fingerprint density at radius 2 is 1.91 bits per heavy atom. The van der Waals surface area contributed by atoms with E-state index in [9.17, 15) is 4.79 Å². The Labute approximate surface area is 201 Å². The van der Waals surface area contributed by atoms with Crippen LogP contribution in [0.25, 0.3) is 11.3 Å². The molecule has 3 aromatic rings. The van der Waals surface area contributed by atoms with Crippen LogP contribution in [-0.2, 0) is 11.3 Å². The van der Waals surface area contributed by atoms with Crippen molar-refractivity contribution in [1.29, 1.82) is 0 Å². The number of hydrogen-bond donors (Lipinski definition) is 1. The first-order chi connectivity index (χ1) is 15.5. The van der Waals surface area contributed by atoms with Gasteiger partial charge in [0.1, 0.15) is 5.75 Å². The molecule has 0 aliphatic carbocycles. The van der Waals surface area contributed by atoms with Gasteiger partial charge in [-0.15, -0.1) is 11.3 Å². The second kappa shape index (κ2) is 10.6. The second-order valence-electron chi connectivity index (χ2n) is 7.61. The fourth-order valence-corrected chi connectivity index (χ4v) is 4.88. The first-order valence-corrected chi connectivity index (χ1v) is 11.9. The molecule has 0 atom stereocenters. The maximum atomic E-state index is 12.5. The van der Waals surface area contributed by atoms with E-state index in [0.717, 1.165) is 49.7 Å². The SMILES string of the molecule is COc1cccc(CN2CCN(CC(=O)Nc3nc(-c4ccc(Cl)cc4Cl)cs3)CC2)c1. The highest BCUT2D eigenvalue weighted by Crippen LogP contribution is 2.32. The number of carbonyl (C=O) groups excluding carboxylic acids is 1. The topological polar surface area (TPSA) is 57.7 Å². The molecular weight excluding hydrogens is 467 g/mol. The molecule has 2 aromatic carbocycles. The van der Waals surface area contributed by atoms with E-state index in [4.69, 9.17) is 27.9 Å². The molecule has 1 fully saturated rings. The number of hydrogen-bond acceptors (Lipinski definition) is 6. The Bertz CT molecular complexity index is 1080. The van der Waals surface area contributed by atoms with E-state index in [2.05, 4.69) is 32.2 Å². The third-order valence-corrected chi connectivity index (χ3v) is 6.64. The molecule has 4 rings (SSSR count). The molecule has 0 radical (unpaired) electrons. The van der Waals surface area contributed by atoms with Crippen molar-refractivity contribution in [2.45, 2.75) is 6.54 Å². The van der Waals surface area contributed by atoms with Crippen LogP contribution >= 0.6 is 34.5 Å². The number of anilines is 1. The van der Waals surface area contributed by atoms with Gasteiger partial charge in [-0.3, -0.25) is 14.6 Å². The first kappa shape index (κ1) is 23.0. The molecule has 9 heteroatoms. The number of carbonyl (C=O) groups is 1. The van der Waals surface area contributed by atoms with E-state index in [0.29, 0.717) is 21.7 Å². The minimum Gasteiger partial charge on any atom is -0.497 e. The third-order valence-electron chi connectivity index (χ3n) is 5.33. The van der Waals surface area contributed by atoms with Crippen LogP contribution in [-0.4, -0.2) is 60.5 Å². The molecule has 1 aliphatic rings. The van der Waals surface area contributed by atoms with Gasteiger partial charge in [0, 0.05) is 48.7 Å². The summed E-state index contributed by atoms with van der Waals surface area (Å²) in [6.45, 7) is 4.76. The number of methoxy groups -OCH3 is 1. The fraction of sp³-hybridized carbons (Fsp3) is 0.304. The van der Waals surface area contributed by atoms with Gasteiger partial charge >= 0.3 is 0 Å². The van der Waals surface area contributed by atoms with Crippen LogP contribution in [0.15, 0.2) is 47.8 Å². The summed E-state index contributed by atoms with van der Waals surface area (Å²) in [7, 11) is 1.68. The normalized spacial score (nSPS) is 15.0. The monoisotopic (exact) mass is 490 g/mol. The van der Waals surface area contributed by atoms with Crippen LogP contribution in [0.2, 0.25) is 10.0 Å². The Hall–Kier alpha value is -2.16. The number of nitrogens with zero attached hydrogens (tertiary/aromatic N) is 3. The van der Waals surface area contributed by atoms with Crippen molar-refractivity contribution in [2.75, 3.05) is 45.2 Å². The molecule has 0 unspecified atom stereocenters. The summed E-state index contributed by atoms with van der Waals surface area (Å²) in [4.78, 5) is 21.6. The van der Waals surface area contributed by atoms with Gasteiger partial charge in [0.25, 0.3) is 0 Å². The summed E-state index contributed by atoms with van der Waals surface area (Å²) in [5, 5.41) is 6.45. The molecular formula is C23H24Cl2N4O2S. The fourth-order valence-electron chi connectivity index (χ4n) is 3.65. The van der Waals surface area contributed by atoms with Gasteiger partial charge < -0.3 is 10.1 Å². The molecule has 168 valence electrons. The maximum absolute atomic E-state index is 12.5. The summed E-state index contributed by atoms with van der Waals surface area (Å²) < 4.78 is 5.30. The van der Waals surface area contributed by atoms with E-state index < -0.39 is 0 Å². The average Bonchev–Trinajstić information content (AvgIpc) is 3.23. The summed E-state index contributed by atoms with van der Waals surface area (Å²) >= 11 is 13.6. The lowest BCUT2D eigenvalue weighted by atomic mass is 10.2. The molecule has 6 nitrogen and oxygen atoms in total. The largest absolute Gasteiger partial charge is 0.497 e. The summed E-state index contributed by atoms with van der Waals surface area (Å²) in [5.41, 5.74) is 2.74. The van der Waals surface area contributed by atoms with Crippen molar-refractivity contribution in [3.63, 3.8) is 0 Å². The molecule has 1 aromatic heterocycles. The standard InChI is InChI=1S/C23H24Cl2N4O2S/c1-31-18-4-2-3-16(11-18)13-28-7-9-29(10-8-28)14-22(30)27-23-26-21(15-32-23)19-6-5-17(24)12-20(19)25/h2-6,11-12,15H,7-10,13-14H2,1H3,(H,26,27,30). The lowest BCUT2D eigenvalue weighted by Gasteiger charge is -2.34. The predicted octanol–water partition coefficient (Wildman–Crippen LogP) is 4.88. The van der Waals surface area contributed by atoms with Crippen LogP contribution < -0.4 is 10.1 Å². The van der Waals surface area contributed by atoms with Gasteiger partial charge in [0.05, 0.1) is 24.4 Å². The minimum atomic E-state index is -0.0608. The number of rotatable bonds is 7. The predicted molar refractivity (Wildman–Crippen MR) is 131 cm³/mol. The molecule has 2 heterocycles. The highest BCUT2D eigenvalue weighted by molar-refractivity contribution is 7.14. The van der Waals surface area contributed by atoms with Crippen LogP contribution in [0.1, 0.15) is 5.56 Å². The lowest BCUT2D eigenvalue weighted by molar-refractivity contribution is -0.117. The zero-order chi connectivity index (χ0) is 22.5. The number of benzene rings is 2. The van der Waals surface area contributed by atoms with Crippen molar-refractivity contribution in [2.24, 2.45) is 0 Å². The zero-order valence-corrected chi connectivity index (χ0v) is 20.0. The van der Waals surface area contributed by atoms with Crippen molar-refractivity contribution in [1.82, 2.24) is 14.8 Å². The quantitative estimate of drug-likeness (QED) is 0.511. The van der Waals surface area contributed by atoms with Crippen molar-refractivity contribution >= 4 is 45.6 Å². The first-order valence-electron chi connectivity index (χ1n) is 10.3. The molecule has 1 aliphatic heterocycles. The Balaban J connectivity index is 1.25. The Kier molecular flexibility index (Phi) is 7.65. The summed E-state index contributed by atoms with van der Waals surface area (Å²) in [6, 6.07) is 13.4. The van der Waals surface area contributed by atoms with Gasteiger partial charge in [-0.2, -0.15) is 0 Å².